The highest BCUT2D eigenvalue weighted by molar-refractivity contribution is 6.31. The molecule has 0 unspecified atom stereocenters. The molecule has 1 amide bonds. The van der Waals surface area contributed by atoms with Gasteiger partial charge in [-0.15, -0.1) is 0 Å². The van der Waals surface area contributed by atoms with E-state index in [1.54, 1.807) is 17.0 Å². The second-order valence-electron chi connectivity index (χ2n) is 4.35. The number of halogens is 2. The van der Waals surface area contributed by atoms with Crippen LogP contribution in [0.25, 0.3) is 0 Å². The Hall–Kier alpha value is -1.13. The maximum absolute atomic E-state index is 13.7. The number of carbonyl (C=O) groups excluding carboxylic acids is 1. The van der Waals surface area contributed by atoms with E-state index in [2.05, 4.69) is 0 Å². The molecule has 0 aromatic heterocycles. The second kappa shape index (κ2) is 6.71. The zero-order chi connectivity index (χ0) is 13.7. The zero-order valence-electron chi connectivity index (χ0n) is 10.6. The molecule has 1 aromatic rings. The molecule has 3 nitrogen and oxygen atoms in total. The fourth-order valence-electron chi connectivity index (χ4n) is 1.68. The Kier molecular flexibility index (Phi) is 5.56. The van der Waals surface area contributed by atoms with Crippen molar-refractivity contribution in [3.63, 3.8) is 0 Å². The van der Waals surface area contributed by atoms with E-state index < -0.39 is 5.82 Å². The van der Waals surface area contributed by atoms with Gasteiger partial charge in [0.2, 0.25) is 5.91 Å². The van der Waals surface area contributed by atoms with E-state index in [0.29, 0.717) is 10.6 Å². The molecule has 0 aliphatic carbocycles. The summed E-state index contributed by atoms with van der Waals surface area (Å²) in [4.78, 5) is 13.5. The Morgan fingerprint density at radius 1 is 1.50 bits per heavy atom. The van der Waals surface area contributed by atoms with Crippen molar-refractivity contribution in [1.82, 2.24) is 4.90 Å². The highest BCUT2D eigenvalue weighted by Crippen LogP contribution is 2.22. The number of nitrogens with zero attached hydrogens (tertiary/aromatic N) is 1. The van der Waals surface area contributed by atoms with Crippen LogP contribution in [0.15, 0.2) is 18.2 Å². The molecule has 100 valence electrons. The molecule has 0 bridgehead atoms. The van der Waals surface area contributed by atoms with Crippen molar-refractivity contribution in [3.05, 3.63) is 34.6 Å². The Morgan fingerprint density at radius 3 is 2.67 bits per heavy atom. The van der Waals surface area contributed by atoms with Crippen molar-refractivity contribution in [2.45, 2.75) is 32.9 Å². The standard InChI is InChI=1S/C13H18ClFN2O/c1-9(2)17(13(18)6-7-16)8-10-11(14)4-3-5-12(10)15/h3-5,9H,6-8,16H2,1-2H3. The lowest BCUT2D eigenvalue weighted by atomic mass is 10.1. The Morgan fingerprint density at radius 2 is 2.17 bits per heavy atom. The first-order valence-corrected chi connectivity index (χ1v) is 6.27. The fraction of sp³-hybridized carbons (Fsp3) is 0.462. The van der Waals surface area contributed by atoms with Gasteiger partial charge in [-0.2, -0.15) is 0 Å². The van der Waals surface area contributed by atoms with Crippen molar-refractivity contribution < 1.29 is 9.18 Å². The second-order valence-corrected chi connectivity index (χ2v) is 4.76. The first kappa shape index (κ1) is 14.9. The monoisotopic (exact) mass is 272 g/mol. The highest BCUT2D eigenvalue weighted by atomic mass is 35.5. The number of benzene rings is 1. The number of hydrogen-bond donors (Lipinski definition) is 1. The van der Waals surface area contributed by atoms with Crippen LogP contribution in [0, 0.1) is 5.82 Å². The zero-order valence-corrected chi connectivity index (χ0v) is 11.4. The topological polar surface area (TPSA) is 46.3 Å². The van der Waals surface area contributed by atoms with Gasteiger partial charge in [0.25, 0.3) is 0 Å². The van der Waals surface area contributed by atoms with Crippen LogP contribution in [0.3, 0.4) is 0 Å². The number of rotatable bonds is 5. The van der Waals surface area contributed by atoms with Crippen molar-refractivity contribution in [2.24, 2.45) is 5.73 Å². The van der Waals surface area contributed by atoms with Gasteiger partial charge >= 0.3 is 0 Å². The first-order chi connectivity index (χ1) is 8.47. The predicted octanol–water partition coefficient (Wildman–Crippen LogP) is 2.56. The summed E-state index contributed by atoms with van der Waals surface area (Å²) in [5, 5.41) is 0.334. The molecule has 1 aromatic carbocycles. The summed E-state index contributed by atoms with van der Waals surface area (Å²) in [5.74, 6) is -0.486. The van der Waals surface area contributed by atoms with Gasteiger partial charge < -0.3 is 10.6 Å². The molecule has 0 atom stereocenters. The molecule has 18 heavy (non-hydrogen) atoms. The lowest BCUT2D eigenvalue weighted by molar-refractivity contribution is -0.133. The van der Waals surface area contributed by atoms with E-state index in [0.717, 1.165) is 0 Å². The Bertz CT molecular complexity index is 403. The minimum Gasteiger partial charge on any atom is -0.336 e. The summed E-state index contributed by atoms with van der Waals surface area (Å²) in [7, 11) is 0. The van der Waals surface area contributed by atoms with Gasteiger partial charge in [-0.25, -0.2) is 4.39 Å². The SMILES string of the molecule is CC(C)N(Cc1c(F)cccc1Cl)C(=O)CCN. The van der Waals surface area contributed by atoms with E-state index in [1.165, 1.54) is 6.07 Å². The van der Waals surface area contributed by atoms with E-state index in [4.69, 9.17) is 17.3 Å². The minimum atomic E-state index is -0.395. The molecule has 0 aliphatic rings. The summed E-state index contributed by atoms with van der Waals surface area (Å²) in [6.45, 7) is 4.21. The lowest BCUT2D eigenvalue weighted by Gasteiger charge is -2.27. The minimum absolute atomic E-state index is 0.0280. The largest absolute Gasteiger partial charge is 0.336 e. The molecule has 0 saturated heterocycles. The van der Waals surface area contributed by atoms with E-state index in [-0.39, 0.29) is 31.5 Å². The van der Waals surface area contributed by atoms with Gasteiger partial charge in [-0.1, -0.05) is 17.7 Å². The normalized spacial score (nSPS) is 10.8. The van der Waals surface area contributed by atoms with Crippen LogP contribution in [0.4, 0.5) is 4.39 Å². The molecule has 0 spiro atoms. The van der Waals surface area contributed by atoms with Crippen LogP contribution in [-0.4, -0.2) is 23.4 Å². The van der Waals surface area contributed by atoms with Crippen molar-refractivity contribution in [1.29, 1.82) is 0 Å². The summed E-state index contributed by atoms with van der Waals surface area (Å²) >= 11 is 5.96. The fourth-order valence-corrected chi connectivity index (χ4v) is 1.90. The molecule has 1 rings (SSSR count). The molecular weight excluding hydrogens is 255 g/mol. The molecular formula is C13H18ClFN2O. The smallest absolute Gasteiger partial charge is 0.224 e. The third-order valence-corrected chi connectivity index (χ3v) is 3.05. The van der Waals surface area contributed by atoms with Crippen LogP contribution < -0.4 is 5.73 Å². The van der Waals surface area contributed by atoms with Crippen molar-refractivity contribution in [2.75, 3.05) is 6.54 Å². The molecule has 0 radical (unpaired) electrons. The number of amides is 1. The highest BCUT2D eigenvalue weighted by Gasteiger charge is 2.19. The van der Waals surface area contributed by atoms with E-state index in [1.807, 2.05) is 13.8 Å². The molecule has 0 fully saturated rings. The quantitative estimate of drug-likeness (QED) is 0.895. The average Bonchev–Trinajstić information content (AvgIpc) is 2.28. The van der Waals surface area contributed by atoms with Gasteiger partial charge in [0.15, 0.2) is 0 Å². The number of hydrogen-bond acceptors (Lipinski definition) is 2. The maximum Gasteiger partial charge on any atom is 0.224 e. The Balaban J connectivity index is 2.93. The third-order valence-electron chi connectivity index (χ3n) is 2.69. The summed E-state index contributed by atoms with van der Waals surface area (Å²) in [5.41, 5.74) is 5.72. The van der Waals surface area contributed by atoms with Crippen LogP contribution in [0.2, 0.25) is 5.02 Å². The van der Waals surface area contributed by atoms with E-state index >= 15 is 0 Å². The van der Waals surface area contributed by atoms with Gasteiger partial charge in [0.1, 0.15) is 5.82 Å². The van der Waals surface area contributed by atoms with Crippen LogP contribution in [0.1, 0.15) is 25.8 Å². The molecule has 2 N–H and O–H groups in total. The van der Waals surface area contributed by atoms with Gasteiger partial charge in [-0.3, -0.25) is 4.79 Å². The van der Waals surface area contributed by atoms with E-state index in [9.17, 15) is 9.18 Å². The number of nitrogens with two attached hydrogens (primary N) is 1. The third kappa shape index (κ3) is 3.68. The van der Waals surface area contributed by atoms with Crippen molar-refractivity contribution >= 4 is 17.5 Å². The average molecular weight is 273 g/mol. The van der Waals surface area contributed by atoms with Gasteiger partial charge in [-0.05, 0) is 26.0 Å². The predicted molar refractivity (Wildman–Crippen MR) is 70.8 cm³/mol. The lowest BCUT2D eigenvalue weighted by Crippen LogP contribution is -2.37. The Labute approximate surface area is 112 Å². The van der Waals surface area contributed by atoms with Gasteiger partial charge in [0, 0.05) is 29.6 Å². The molecule has 0 aliphatic heterocycles. The van der Waals surface area contributed by atoms with Crippen LogP contribution in [-0.2, 0) is 11.3 Å². The van der Waals surface area contributed by atoms with Gasteiger partial charge in [0.05, 0.1) is 6.54 Å². The molecule has 0 heterocycles. The summed E-state index contributed by atoms with van der Waals surface area (Å²) < 4.78 is 13.7. The van der Waals surface area contributed by atoms with Crippen LogP contribution >= 0.6 is 11.6 Å². The summed E-state index contributed by atoms with van der Waals surface area (Å²) in [6.07, 6.45) is 0.254. The first-order valence-electron chi connectivity index (χ1n) is 5.89. The maximum atomic E-state index is 13.7. The van der Waals surface area contributed by atoms with Crippen LogP contribution in [0.5, 0.6) is 0 Å². The number of carbonyl (C=O) groups is 1. The molecule has 5 heteroatoms. The van der Waals surface area contributed by atoms with Crippen molar-refractivity contribution in [3.8, 4) is 0 Å². The molecule has 0 saturated carbocycles. The summed E-state index contributed by atoms with van der Waals surface area (Å²) in [6, 6.07) is 4.47.